The molecule has 0 spiro atoms. The van der Waals surface area contributed by atoms with E-state index in [0.29, 0.717) is 17.1 Å². The molecule has 8 heteroatoms. The number of hydrogen-bond donors (Lipinski definition) is 0. The van der Waals surface area contributed by atoms with E-state index < -0.39 is 23.2 Å². The van der Waals surface area contributed by atoms with Gasteiger partial charge in [0.2, 0.25) is 6.79 Å². The summed E-state index contributed by atoms with van der Waals surface area (Å²) in [6.07, 6.45) is 1.59. The molecule has 2 heterocycles. The van der Waals surface area contributed by atoms with Crippen LogP contribution in [0.3, 0.4) is 0 Å². The fourth-order valence-electron chi connectivity index (χ4n) is 2.34. The molecule has 1 saturated heterocycles. The number of imide groups is 1. The van der Waals surface area contributed by atoms with Gasteiger partial charge in [-0.1, -0.05) is 6.07 Å². The van der Waals surface area contributed by atoms with E-state index in [2.05, 4.69) is 0 Å². The van der Waals surface area contributed by atoms with Crippen LogP contribution in [0.4, 0.5) is 4.79 Å². The highest BCUT2D eigenvalue weighted by Crippen LogP contribution is 2.36. The predicted molar refractivity (Wildman–Crippen MR) is 86.5 cm³/mol. The maximum absolute atomic E-state index is 12.5. The average Bonchev–Trinajstić information content (AvgIpc) is 3.11. The fraction of sp³-hybridized carbons (Fsp3) is 0.312. The molecule has 7 nitrogen and oxygen atoms in total. The summed E-state index contributed by atoms with van der Waals surface area (Å²) in [5.74, 6) is 0.103. The van der Waals surface area contributed by atoms with Gasteiger partial charge in [-0.3, -0.25) is 14.5 Å². The van der Waals surface area contributed by atoms with Crippen molar-refractivity contribution >= 4 is 35.0 Å². The van der Waals surface area contributed by atoms with Crippen molar-refractivity contribution in [2.24, 2.45) is 0 Å². The molecule has 2 aliphatic heterocycles. The molecule has 1 atom stereocenters. The van der Waals surface area contributed by atoms with Crippen molar-refractivity contribution in [3.05, 3.63) is 28.7 Å². The Morgan fingerprint density at radius 1 is 1.38 bits per heavy atom. The zero-order valence-corrected chi connectivity index (χ0v) is 13.9. The number of carbonyl (C=O) groups excluding carboxylic acids is 3. The summed E-state index contributed by atoms with van der Waals surface area (Å²) in [5.41, 5.74) is 0.702. The van der Waals surface area contributed by atoms with Gasteiger partial charge in [0.15, 0.2) is 11.5 Å². The second kappa shape index (κ2) is 6.56. The van der Waals surface area contributed by atoms with E-state index in [0.717, 1.165) is 16.7 Å². The number of hydrogen-bond acceptors (Lipinski definition) is 7. The number of esters is 1. The quantitative estimate of drug-likeness (QED) is 0.610. The van der Waals surface area contributed by atoms with Gasteiger partial charge in [0.05, 0.1) is 11.5 Å². The highest BCUT2D eigenvalue weighted by molar-refractivity contribution is 8.18. The van der Waals surface area contributed by atoms with Gasteiger partial charge in [-0.15, -0.1) is 0 Å². The predicted octanol–water partition coefficient (Wildman–Crippen LogP) is 2.40. The molecule has 1 aromatic rings. The molecule has 3 rings (SSSR count). The van der Waals surface area contributed by atoms with Gasteiger partial charge in [0.1, 0.15) is 6.04 Å². The maximum atomic E-state index is 12.5. The first kappa shape index (κ1) is 16.4. The summed E-state index contributed by atoms with van der Waals surface area (Å²) in [7, 11) is 0. The lowest BCUT2D eigenvalue weighted by Gasteiger charge is -2.19. The molecule has 1 fully saturated rings. The highest BCUT2D eigenvalue weighted by Gasteiger charge is 2.41. The van der Waals surface area contributed by atoms with Crippen LogP contribution in [0.25, 0.3) is 6.08 Å². The van der Waals surface area contributed by atoms with Crippen LogP contribution in [0.15, 0.2) is 23.1 Å². The van der Waals surface area contributed by atoms with Crippen LogP contribution in [0.1, 0.15) is 19.4 Å². The summed E-state index contributed by atoms with van der Waals surface area (Å²) in [4.78, 5) is 37.5. The number of amides is 2. The highest BCUT2D eigenvalue weighted by atomic mass is 32.2. The van der Waals surface area contributed by atoms with Gasteiger partial charge >= 0.3 is 5.97 Å². The Bertz CT molecular complexity index is 744. The van der Waals surface area contributed by atoms with E-state index in [4.69, 9.17) is 14.2 Å². The lowest BCUT2D eigenvalue weighted by Crippen LogP contribution is -2.42. The van der Waals surface area contributed by atoms with E-state index in [1.807, 2.05) is 0 Å². The van der Waals surface area contributed by atoms with Gasteiger partial charge in [0, 0.05) is 0 Å². The second-order valence-corrected chi connectivity index (χ2v) is 6.09. The lowest BCUT2D eigenvalue weighted by molar-refractivity contribution is -0.150. The number of fused-ring (bicyclic) bond motifs is 1. The third kappa shape index (κ3) is 2.96. The molecule has 0 unspecified atom stereocenters. The number of benzene rings is 1. The van der Waals surface area contributed by atoms with E-state index in [-0.39, 0.29) is 18.3 Å². The van der Waals surface area contributed by atoms with Crippen LogP contribution in [0.2, 0.25) is 0 Å². The summed E-state index contributed by atoms with van der Waals surface area (Å²) in [6, 6.07) is 4.26. The molecule has 0 saturated carbocycles. The average molecular weight is 349 g/mol. The van der Waals surface area contributed by atoms with E-state index in [1.165, 1.54) is 6.92 Å². The normalized spacial score (nSPS) is 19.1. The number of nitrogens with zero attached hydrogens (tertiary/aromatic N) is 1. The van der Waals surface area contributed by atoms with Crippen molar-refractivity contribution in [3.63, 3.8) is 0 Å². The Kier molecular flexibility index (Phi) is 4.48. The van der Waals surface area contributed by atoms with Crippen molar-refractivity contribution in [2.45, 2.75) is 19.9 Å². The van der Waals surface area contributed by atoms with E-state index >= 15 is 0 Å². The van der Waals surface area contributed by atoms with Crippen LogP contribution in [0.5, 0.6) is 11.5 Å². The van der Waals surface area contributed by atoms with Gasteiger partial charge < -0.3 is 14.2 Å². The minimum Gasteiger partial charge on any atom is -0.464 e. The lowest BCUT2D eigenvalue weighted by atomic mass is 10.2. The minimum atomic E-state index is -0.958. The molecular formula is C16H15NO6S. The van der Waals surface area contributed by atoms with Crippen LogP contribution in [-0.2, 0) is 14.3 Å². The van der Waals surface area contributed by atoms with Crippen molar-refractivity contribution in [1.82, 2.24) is 4.90 Å². The minimum absolute atomic E-state index is 0.159. The summed E-state index contributed by atoms with van der Waals surface area (Å²) in [5, 5.41) is -0.493. The molecule has 0 aromatic heterocycles. The second-order valence-electron chi connectivity index (χ2n) is 5.09. The molecule has 126 valence electrons. The Labute approximate surface area is 142 Å². The van der Waals surface area contributed by atoms with E-state index in [1.54, 1.807) is 31.2 Å². The molecule has 0 N–H and O–H groups in total. The molecular weight excluding hydrogens is 334 g/mol. The first-order valence-corrected chi connectivity index (χ1v) is 8.16. The van der Waals surface area contributed by atoms with Crippen LogP contribution in [0, 0.1) is 0 Å². The maximum Gasteiger partial charge on any atom is 0.329 e. The van der Waals surface area contributed by atoms with Gasteiger partial charge in [-0.25, -0.2) is 4.79 Å². The first-order valence-electron chi connectivity index (χ1n) is 7.34. The van der Waals surface area contributed by atoms with Crippen molar-refractivity contribution in [2.75, 3.05) is 13.4 Å². The van der Waals surface area contributed by atoms with Crippen LogP contribution >= 0.6 is 11.8 Å². The Morgan fingerprint density at radius 3 is 2.88 bits per heavy atom. The van der Waals surface area contributed by atoms with Crippen molar-refractivity contribution in [1.29, 1.82) is 0 Å². The largest absolute Gasteiger partial charge is 0.464 e. The van der Waals surface area contributed by atoms with Gasteiger partial charge in [-0.05, 0) is 49.4 Å². The summed E-state index contributed by atoms with van der Waals surface area (Å²) < 4.78 is 15.4. The van der Waals surface area contributed by atoms with Gasteiger partial charge in [-0.2, -0.15) is 0 Å². The van der Waals surface area contributed by atoms with Crippen LogP contribution in [-0.4, -0.2) is 41.5 Å². The number of rotatable bonds is 4. The SMILES string of the molecule is CCOC(=O)[C@@H](C)N1C(=O)S/C(=C/c2ccc3c(c2)OCO3)C1=O. The van der Waals surface area contributed by atoms with Crippen LogP contribution < -0.4 is 9.47 Å². The molecule has 2 amide bonds. The summed E-state index contributed by atoms with van der Waals surface area (Å²) >= 11 is 0.792. The topological polar surface area (TPSA) is 82.1 Å². The van der Waals surface area contributed by atoms with Crippen molar-refractivity contribution < 1.29 is 28.6 Å². The third-order valence-electron chi connectivity index (χ3n) is 3.53. The van der Waals surface area contributed by atoms with E-state index in [9.17, 15) is 14.4 Å². The monoisotopic (exact) mass is 349 g/mol. The number of thioether (sulfide) groups is 1. The standard InChI is InChI=1S/C16H15NO6S/c1-3-21-15(19)9(2)17-14(18)13(24-16(17)20)7-10-4-5-11-12(6-10)23-8-22-11/h4-7,9H,3,8H2,1-2H3/b13-7+/t9-/m1/s1. The number of ether oxygens (including phenoxy) is 3. The van der Waals surface area contributed by atoms with Crippen molar-refractivity contribution in [3.8, 4) is 11.5 Å². The number of carbonyl (C=O) groups is 3. The molecule has 0 radical (unpaired) electrons. The molecule has 1 aromatic carbocycles. The molecule has 0 bridgehead atoms. The Hall–Kier alpha value is -2.48. The zero-order valence-electron chi connectivity index (χ0n) is 13.1. The first-order chi connectivity index (χ1) is 11.5. The smallest absolute Gasteiger partial charge is 0.329 e. The Balaban J connectivity index is 1.82. The molecule has 24 heavy (non-hydrogen) atoms. The molecule has 2 aliphatic rings. The molecule has 0 aliphatic carbocycles. The summed E-state index contributed by atoms with van der Waals surface area (Å²) in [6.45, 7) is 3.48. The van der Waals surface area contributed by atoms with Gasteiger partial charge in [0.25, 0.3) is 11.1 Å². The zero-order chi connectivity index (χ0) is 17.3. The third-order valence-corrected chi connectivity index (χ3v) is 4.42. The fourth-order valence-corrected chi connectivity index (χ4v) is 3.24. The Morgan fingerprint density at radius 2 is 2.12 bits per heavy atom.